The van der Waals surface area contributed by atoms with Crippen molar-refractivity contribution in [3.05, 3.63) is 25.3 Å². The van der Waals surface area contributed by atoms with Gasteiger partial charge in [-0.3, -0.25) is 0 Å². The quantitative estimate of drug-likeness (QED) is 0.148. The van der Waals surface area contributed by atoms with Crippen LogP contribution in [0.5, 0.6) is 0 Å². The Morgan fingerprint density at radius 2 is 1.02 bits per heavy atom. The molecule has 9 nitrogen and oxygen atoms in total. The van der Waals surface area contributed by atoms with E-state index < -0.39 is 35.4 Å². The SMILES string of the molecule is C=C[C@@H](OCOC)[C@@H]1O[Si](C(C)(C)C)(C(C)(C)C)OC[C@H]1C.C=C[C@@H](OCOC)[C@@H]1O[Si](C(C)(C)C)(C(C)(C)C)OC[C@H]1O. The number of hydrogen-bond donors (Lipinski definition) is 1. The van der Waals surface area contributed by atoms with Gasteiger partial charge in [0.1, 0.15) is 38.0 Å². The average Bonchev–Trinajstić information content (AvgIpc) is 2.89. The van der Waals surface area contributed by atoms with Crippen molar-refractivity contribution in [1.29, 1.82) is 0 Å². The molecule has 11 heteroatoms. The summed E-state index contributed by atoms with van der Waals surface area (Å²) in [6.07, 6.45) is 1.56. The Balaban J connectivity index is 0.000000440. The summed E-state index contributed by atoms with van der Waals surface area (Å²) in [4.78, 5) is 0. The van der Waals surface area contributed by atoms with Crippen LogP contribution in [0.3, 0.4) is 0 Å². The van der Waals surface area contributed by atoms with Crippen LogP contribution in [0.15, 0.2) is 25.3 Å². The van der Waals surface area contributed by atoms with Gasteiger partial charge in [-0.2, -0.15) is 0 Å². The molecule has 0 amide bonds. The number of aliphatic hydroxyl groups excluding tert-OH is 1. The maximum Gasteiger partial charge on any atom is 0.349 e. The van der Waals surface area contributed by atoms with Crippen molar-refractivity contribution in [3.8, 4) is 0 Å². The van der Waals surface area contributed by atoms with Gasteiger partial charge in [0.05, 0.1) is 12.7 Å². The van der Waals surface area contributed by atoms with Crippen LogP contribution >= 0.6 is 0 Å². The normalized spacial score (nSPS) is 27.5. The van der Waals surface area contributed by atoms with Gasteiger partial charge >= 0.3 is 17.1 Å². The molecule has 0 aliphatic carbocycles. The van der Waals surface area contributed by atoms with E-state index in [1.165, 1.54) is 0 Å². The smallest absolute Gasteiger partial charge is 0.349 e. The molecule has 0 bridgehead atoms. The minimum Gasteiger partial charge on any atom is -0.393 e. The molecule has 2 saturated heterocycles. The highest BCUT2D eigenvalue weighted by Gasteiger charge is 2.63. The lowest BCUT2D eigenvalue weighted by Gasteiger charge is -2.55. The Labute approximate surface area is 271 Å². The van der Waals surface area contributed by atoms with E-state index in [2.05, 4.69) is 103 Å². The molecule has 0 aromatic carbocycles. The summed E-state index contributed by atoms with van der Waals surface area (Å²) in [5, 5.41) is 9.99. The summed E-state index contributed by atoms with van der Waals surface area (Å²) in [5.74, 6) is 0.255. The van der Waals surface area contributed by atoms with E-state index in [1.807, 2.05) is 6.08 Å². The number of aliphatic hydroxyl groups is 1. The molecule has 44 heavy (non-hydrogen) atoms. The molecular weight excluding hydrogens is 597 g/mol. The van der Waals surface area contributed by atoms with E-state index in [4.69, 9.17) is 36.7 Å². The highest BCUT2D eigenvalue weighted by atomic mass is 28.4. The van der Waals surface area contributed by atoms with Crippen LogP contribution in [0.4, 0.5) is 0 Å². The van der Waals surface area contributed by atoms with E-state index in [0.717, 1.165) is 0 Å². The van der Waals surface area contributed by atoms with Crippen molar-refractivity contribution >= 4 is 17.1 Å². The second-order valence-electron chi connectivity index (χ2n) is 16.1. The molecule has 2 aliphatic rings. The lowest BCUT2D eigenvalue weighted by Crippen LogP contribution is -2.66. The summed E-state index contributed by atoms with van der Waals surface area (Å²) in [7, 11) is -1.93. The van der Waals surface area contributed by atoms with Gasteiger partial charge in [0, 0.05) is 46.9 Å². The van der Waals surface area contributed by atoms with Gasteiger partial charge in [-0.1, -0.05) is 102 Å². The van der Waals surface area contributed by atoms with Gasteiger partial charge in [-0.25, -0.2) is 0 Å². The van der Waals surface area contributed by atoms with Crippen LogP contribution in [-0.2, 0) is 36.7 Å². The van der Waals surface area contributed by atoms with Gasteiger partial charge in [0.25, 0.3) is 0 Å². The minimum atomic E-state index is -2.64. The summed E-state index contributed by atoms with van der Waals surface area (Å²) >= 11 is 0. The zero-order valence-corrected chi connectivity index (χ0v) is 32.6. The summed E-state index contributed by atoms with van der Waals surface area (Å²) in [6, 6.07) is 0. The summed E-state index contributed by atoms with van der Waals surface area (Å²) in [5.41, 5.74) is 0. The molecule has 0 radical (unpaired) electrons. The van der Waals surface area contributed by atoms with Crippen LogP contribution in [0.2, 0.25) is 20.2 Å². The van der Waals surface area contributed by atoms with Gasteiger partial charge in [0.2, 0.25) is 0 Å². The van der Waals surface area contributed by atoms with Crippen molar-refractivity contribution < 1.29 is 41.8 Å². The molecule has 0 aromatic rings. The van der Waals surface area contributed by atoms with E-state index in [0.29, 0.717) is 6.61 Å². The Hall–Kier alpha value is -0.446. The lowest BCUT2D eigenvalue weighted by molar-refractivity contribution is -0.149. The molecule has 2 rings (SSSR count). The zero-order chi connectivity index (χ0) is 34.4. The topological polar surface area (TPSA) is 94.1 Å². The second kappa shape index (κ2) is 16.1. The van der Waals surface area contributed by atoms with Crippen LogP contribution in [-0.4, -0.2) is 93.8 Å². The van der Waals surface area contributed by atoms with Crippen molar-refractivity contribution in [2.45, 2.75) is 141 Å². The zero-order valence-electron chi connectivity index (χ0n) is 30.6. The first-order valence-electron chi connectivity index (χ1n) is 15.8. The fourth-order valence-corrected chi connectivity index (χ4v) is 16.8. The van der Waals surface area contributed by atoms with Gasteiger partial charge in [0.15, 0.2) is 0 Å². The van der Waals surface area contributed by atoms with E-state index >= 15 is 0 Å². The number of ether oxygens (including phenoxy) is 4. The van der Waals surface area contributed by atoms with Gasteiger partial charge < -0.3 is 41.8 Å². The minimum absolute atomic E-state index is 0.0311. The third-order valence-electron chi connectivity index (χ3n) is 8.37. The molecule has 260 valence electrons. The Bertz CT molecular complexity index is 786. The summed E-state index contributed by atoms with van der Waals surface area (Å²) < 4.78 is 47.2. The number of rotatable bonds is 10. The molecule has 0 saturated carbocycles. The molecule has 0 unspecified atom stereocenters. The highest BCUT2D eigenvalue weighted by Crippen LogP contribution is 2.56. The molecule has 1 N–H and O–H groups in total. The number of methoxy groups -OCH3 is 2. The Morgan fingerprint density at radius 1 is 0.682 bits per heavy atom. The van der Waals surface area contributed by atoms with E-state index in [-0.39, 0.29) is 58.5 Å². The Kier molecular flexibility index (Phi) is 15.2. The molecular formula is C33H66O9Si2. The third kappa shape index (κ3) is 9.34. The molecule has 0 aromatic heterocycles. The predicted molar refractivity (Wildman–Crippen MR) is 181 cm³/mol. The van der Waals surface area contributed by atoms with Gasteiger partial charge in [-0.05, 0) is 0 Å². The first-order valence-corrected chi connectivity index (χ1v) is 19.4. The van der Waals surface area contributed by atoms with Crippen LogP contribution in [0.25, 0.3) is 0 Å². The lowest BCUT2D eigenvalue weighted by atomic mass is 10.0. The standard InChI is InChI=1S/C17H34O4Si.C16H32O5Si/c1-10-14(19-12-18-9)15-13(2)11-20-22(21-15,16(3,4)5)17(6,7)8;1-9-13(19-11-18-8)14-12(17)10-20-22(21-14,15(2,3)4)16(5,6)7/h10,13-15H,1,11-12H2,2-9H3;9,12-14,17H,1,10-11H2,2-8H3/t13-,14-,15-;12-,13-,14-/m11/s1. The third-order valence-corrected chi connectivity index (χ3v) is 18.6. The molecule has 2 fully saturated rings. The Morgan fingerprint density at radius 3 is 1.36 bits per heavy atom. The molecule has 0 spiro atoms. The fraction of sp³-hybridized carbons (Fsp3) is 0.879. The first-order chi connectivity index (χ1) is 20.0. The van der Waals surface area contributed by atoms with Crippen LogP contribution < -0.4 is 0 Å². The van der Waals surface area contributed by atoms with Crippen molar-refractivity contribution in [3.63, 3.8) is 0 Å². The molecule has 6 atom stereocenters. The predicted octanol–water partition coefficient (Wildman–Crippen LogP) is 7.24. The maximum absolute atomic E-state index is 10.3. The van der Waals surface area contributed by atoms with E-state index in [1.54, 1.807) is 20.3 Å². The number of hydrogen-bond acceptors (Lipinski definition) is 9. The molecule has 2 heterocycles. The fourth-order valence-electron chi connectivity index (χ4n) is 6.67. The average molecular weight is 663 g/mol. The van der Waals surface area contributed by atoms with Crippen LogP contribution in [0.1, 0.15) is 90.0 Å². The maximum atomic E-state index is 10.3. The second-order valence-corrected chi connectivity index (χ2v) is 25.6. The summed E-state index contributed by atoms with van der Waals surface area (Å²) in [6.45, 7) is 37.3. The monoisotopic (exact) mass is 662 g/mol. The highest BCUT2D eigenvalue weighted by molar-refractivity contribution is 6.74. The van der Waals surface area contributed by atoms with E-state index in [9.17, 15) is 5.11 Å². The largest absolute Gasteiger partial charge is 0.393 e. The van der Waals surface area contributed by atoms with Gasteiger partial charge in [-0.15, -0.1) is 13.2 Å². The first kappa shape index (κ1) is 41.6. The van der Waals surface area contributed by atoms with Crippen molar-refractivity contribution in [2.24, 2.45) is 5.92 Å². The van der Waals surface area contributed by atoms with Crippen molar-refractivity contribution in [2.75, 3.05) is 41.0 Å². The molecule has 2 aliphatic heterocycles. The van der Waals surface area contributed by atoms with Crippen molar-refractivity contribution in [1.82, 2.24) is 0 Å². The van der Waals surface area contributed by atoms with Crippen LogP contribution in [0, 0.1) is 5.92 Å².